The van der Waals surface area contributed by atoms with Crippen LogP contribution >= 0.6 is 11.8 Å². The highest BCUT2D eigenvalue weighted by Gasteiger charge is 2.17. The van der Waals surface area contributed by atoms with Gasteiger partial charge in [0.2, 0.25) is 0 Å². The number of unbranched alkanes of at least 4 members (excludes halogenated alkanes) is 1. The number of rotatable bonds is 9. The Kier molecular flexibility index (Phi) is 6.99. The fourth-order valence-electron chi connectivity index (χ4n) is 2.28. The van der Waals surface area contributed by atoms with E-state index in [4.69, 9.17) is 5.11 Å². The lowest BCUT2D eigenvalue weighted by molar-refractivity contribution is -0.133. The number of imidazole rings is 1. The summed E-state index contributed by atoms with van der Waals surface area (Å²) in [5.41, 5.74) is 1.13. The average molecular weight is 284 g/mol. The number of nitrogens with zero attached hydrogens (tertiary/aromatic N) is 2. The van der Waals surface area contributed by atoms with Crippen LogP contribution in [-0.4, -0.2) is 26.4 Å². The second-order valence-corrected chi connectivity index (χ2v) is 5.76. The van der Waals surface area contributed by atoms with Crippen LogP contribution in [0.4, 0.5) is 0 Å². The summed E-state index contributed by atoms with van der Waals surface area (Å²) in [5.74, 6) is -0.721. The molecular formula is C14H24N2O2S. The number of aliphatic carboxylic acids is 1. The topological polar surface area (TPSA) is 55.1 Å². The van der Waals surface area contributed by atoms with Crippen molar-refractivity contribution in [2.75, 3.05) is 5.75 Å². The van der Waals surface area contributed by atoms with Crippen LogP contribution in [0.2, 0.25) is 0 Å². The van der Waals surface area contributed by atoms with Gasteiger partial charge >= 0.3 is 5.97 Å². The normalized spacial score (nSPS) is 12.6. The molecule has 0 fully saturated rings. The second-order valence-electron chi connectivity index (χ2n) is 4.82. The highest BCUT2D eigenvalue weighted by Crippen LogP contribution is 2.29. The molecule has 5 heteroatoms. The molecule has 108 valence electrons. The van der Waals surface area contributed by atoms with E-state index in [-0.39, 0.29) is 5.75 Å². The predicted octanol–water partition coefficient (Wildman–Crippen LogP) is 3.90. The molecule has 1 N–H and O–H groups in total. The van der Waals surface area contributed by atoms with Crippen molar-refractivity contribution in [3.8, 4) is 0 Å². The van der Waals surface area contributed by atoms with Crippen LogP contribution in [0.3, 0.4) is 0 Å². The predicted molar refractivity (Wildman–Crippen MR) is 78.8 cm³/mol. The molecule has 0 aromatic carbocycles. The van der Waals surface area contributed by atoms with Crippen LogP contribution in [0.25, 0.3) is 0 Å². The molecular weight excluding hydrogens is 260 g/mol. The number of aryl methyl sites for hydroxylation is 1. The molecule has 19 heavy (non-hydrogen) atoms. The molecule has 0 bridgehead atoms. The van der Waals surface area contributed by atoms with Gasteiger partial charge in [-0.25, -0.2) is 4.98 Å². The summed E-state index contributed by atoms with van der Waals surface area (Å²) in [5, 5.41) is 9.64. The number of hydrogen-bond acceptors (Lipinski definition) is 3. The first kappa shape index (κ1) is 16.1. The Morgan fingerprint density at radius 3 is 2.74 bits per heavy atom. The van der Waals surface area contributed by atoms with Gasteiger partial charge < -0.3 is 9.67 Å². The maximum absolute atomic E-state index is 10.7. The molecule has 1 rings (SSSR count). The first-order valence-corrected chi connectivity index (χ1v) is 7.97. The largest absolute Gasteiger partial charge is 0.481 e. The Labute approximate surface area is 119 Å². The summed E-state index contributed by atoms with van der Waals surface area (Å²) in [6.07, 6.45) is 7.63. The van der Waals surface area contributed by atoms with Crippen molar-refractivity contribution in [1.82, 2.24) is 9.55 Å². The number of carbonyl (C=O) groups is 1. The van der Waals surface area contributed by atoms with Gasteiger partial charge in [0.1, 0.15) is 0 Å². The Morgan fingerprint density at radius 2 is 2.16 bits per heavy atom. The van der Waals surface area contributed by atoms with Crippen LogP contribution < -0.4 is 0 Å². The van der Waals surface area contributed by atoms with E-state index in [1.807, 2.05) is 13.1 Å². The zero-order valence-electron chi connectivity index (χ0n) is 12.1. The van der Waals surface area contributed by atoms with Gasteiger partial charge in [0, 0.05) is 17.9 Å². The quantitative estimate of drug-likeness (QED) is 0.699. The zero-order valence-corrected chi connectivity index (χ0v) is 12.9. The maximum Gasteiger partial charge on any atom is 0.313 e. The summed E-state index contributed by atoms with van der Waals surface area (Å²) in [6.45, 7) is 6.44. The summed E-state index contributed by atoms with van der Waals surface area (Å²) in [4.78, 5) is 15.1. The summed E-state index contributed by atoms with van der Waals surface area (Å²) in [7, 11) is 0. The molecule has 0 aliphatic rings. The fraction of sp³-hybridized carbons (Fsp3) is 0.714. The SMILES string of the molecule is CCCCC(CCC)n1c(C)cnc1SCC(=O)O. The molecule has 1 aromatic heterocycles. The smallest absolute Gasteiger partial charge is 0.313 e. The third kappa shape index (κ3) is 4.90. The lowest BCUT2D eigenvalue weighted by atomic mass is 10.0. The van der Waals surface area contributed by atoms with Crippen molar-refractivity contribution < 1.29 is 9.90 Å². The van der Waals surface area contributed by atoms with E-state index >= 15 is 0 Å². The molecule has 1 heterocycles. The lowest BCUT2D eigenvalue weighted by Gasteiger charge is -2.21. The molecule has 0 aliphatic heterocycles. The van der Waals surface area contributed by atoms with Crippen LogP contribution in [-0.2, 0) is 4.79 Å². The van der Waals surface area contributed by atoms with Crippen molar-refractivity contribution in [1.29, 1.82) is 0 Å². The first-order valence-electron chi connectivity index (χ1n) is 6.98. The molecule has 1 aromatic rings. The van der Waals surface area contributed by atoms with Crippen LogP contribution in [0.1, 0.15) is 57.7 Å². The monoisotopic (exact) mass is 284 g/mol. The average Bonchev–Trinajstić information content (AvgIpc) is 2.73. The highest BCUT2D eigenvalue weighted by molar-refractivity contribution is 7.99. The van der Waals surface area contributed by atoms with Crippen LogP contribution in [0, 0.1) is 6.92 Å². The standard InChI is InChI=1S/C14H24N2O2S/c1-4-6-8-12(7-5-2)16-11(3)9-15-14(16)19-10-13(17)18/h9,12H,4-8,10H2,1-3H3,(H,17,18). The number of aromatic nitrogens is 2. The third-order valence-electron chi connectivity index (χ3n) is 3.15. The molecule has 1 atom stereocenters. The van der Waals surface area contributed by atoms with Gasteiger partial charge in [-0.1, -0.05) is 44.9 Å². The molecule has 0 radical (unpaired) electrons. The second kappa shape index (κ2) is 8.25. The zero-order chi connectivity index (χ0) is 14.3. The molecule has 0 saturated carbocycles. The lowest BCUT2D eigenvalue weighted by Crippen LogP contribution is -2.12. The number of carboxylic acid groups (broad SMARTS) is 1. The van der Waals surface area contributed by atoms with Crippen molar-refractivity contribution >= 4 is 17.7 Å². The number of thioether (sulfide) groups is 1. The van der Waals surface area contributed by atoms with Gasteiger partial charge in [0.15, 0.2) is 5.16 Å². The van der Waals surface area contributed by atoms with Crippen molar-refractivity contribution in [2.24, 2.45) is 0 Å². The molecule has 0 spiro atoms. The fourth-order valence-corrected chi connectivity index (χ4v) is 3.09. The first-order chi connectivity index (χ1) is 9.10. The van der Waals surface area contributed by atoms with Crippen LogP contribution in [0.15, 0.2) is 11.4 Å². The Balaban J connectivity index is 2.86. The molecule has 0 saturated heterocycles. The molecule has 1 unspecified atom stereocenters. The van der Waals surface area contributed by atoms with E-state index in [9.17, 15) is 4.79 Å². The van der Waals surface area contributed by atoms with E-state index in [1.54, 1.807) is 0 Å². The van der Waals surface area contributed by atoms with Gasteiger partial charge in [-0.3, -0.25) is 4.79 Å². The van der Waals surface area contributed by atoms with Crippen LogP contribution in [0.5, 0.6) is 0 Å². The van der Waals surface area contributed by atoms with Gasteiger partial charge in [-0.15, -0.1) is 0 Å². The maximum atomic E-state index is 10.7. The third-order valence-corrected chi connectivity index (χ3v) is 4.10. The van der Waals surface area contributed by atoms with E-state index in [1.165, 1.54) is 24.6 Å². The highest BCUT2D eigenvalue weighted by atomic mass is 32.2. The van der Waals surface area contributed by atoms with Gasteiger partial charge in [0.25, 0.3) is 0 Å². The van der Waals surface area contributed by atoms with E-state index in [2.05, 4.69) is 23.4 Å². The van der Waals surface area contributed by atoms with Crippen molar-refractivity contribution in [3.63, 3.8) is 0 Å². The Hall–Kier alpha value is -0.970. The minimum Gasteiger partial charge on any atom is -0.481 e. The minimum atomic E-state index is -0.794. The Morgan fingerprint density at radius 1 is 1.42 bits per heavy atom. The van der Waals surface area contributed by atoms with Crippen molar-refractivity contribution in [2.45, 2.75) is 64.1 Å². The summed E-state index contributed by atoms with van der Waals surface area (Å²) in [6, 6.07) is 0.448. The molecule has 0 aliphatic carbocycles. The van der Waals surface area contributed by atoms with Gasteiger partial charge in [-0.05, 0) is 19.8 Å². The van der Waals surface area contributed by atoms with E-state index in [0.717, 1.165) is 30.1 Å². The minimum absolute atomic E-state index is 0.0725. The van der Waals surface area contributed by atoms with Gasteiger partial charge in [-0.2, -0.15) is 0 Å². The Bertz CT molecular complexity index is 404. The van der Waals surface area contributed by atoms with E-state index in [0.29, 0.717) is 6.04 Å². The van der Waals surface area contributed by atoms with E-state index < -0.39 is 5.97 Å². The van der Waals surface area contributed by atoms with Crippen molar-refractivity contribution in [3.05, 3.63) is 11.9 Å². The molecule has 0 amide bonds. The number of carboxylic acids is 1. The number of hydrogen-bond donors (Lipinski definition) is 1. The summed E-state index contributed by atoms with van der Waals surface area (Å²) < 4.78 is 2.23. The van der Waals surface area contributed by atoms with Gasteiger partial charge in [0.05, 0.1) is 5.75 Å². The molecule has 4 nitrogen and oxygen atoms in total. The summed E-state index contributed by atoms with van der Waals surface area (Å²) >= 11 is 1.32.